The maximum atomic E-state index is 12.8. The molecule has 0 radical (unpaired) electrons. The molecule has 2 aromatic rings. The van der Waals surface area contributed by atoms with Crippen LogP contribution in [0.4, 0.5) is 16.2 Å². The van der Waals surface area contributed by atoms with E-state index >= 15 is 0 Å². The second-order valence-electron chi connectivity index (χ2n) is 6.29. The third kappa shape index (κ3) is 2.78. The molecule has 0 bridgehead atoms. The molecule has 2 aliphatic heterocycles. The SMILES string of the molecule is CC(=O)N1C(=O)C(C=C2SC(=O)N(c3cccc(O)c3)C2=O)c2ccccc21. The number of amides is 4. The number of hydrogen-bond donors (Lipinski definition) is 1. The number of aromatic hydroxyl groups is 1. The summed E-state index contributed by atoms with van der Waals surface area (Å²) < 4.78 is 0. The summed E-state index contributed by atoms with van der Waals surface area (Å²) in [5, 5.41) is 9.09. The summed E-state index contributed by atoms with van der Waals surface area (Å²) in [5.41, 5.74) is 1.33. The van der Waals surface area contributed by atoms with E-state index in [1.54, 1.807) is 24.3 Å². The van der Waals surface area contributed by atoms with Crippen molar-refractivity contribution in [2.45, 2.75) is 12.8 Å². The predicted molar refractivity (Wildman–Crippen MR) is 104 cm³/mol. The van der Waals surface area contributed by atoms with Gasteiger partial charge in [-0.05, 0) is 41.6 Å². The van der Waals surface area contributed by atoms with Crippen LogP contribution in [0.15, 0.2) is 59.5 Å². The number of nitrogens with zero attached hydrogens (tertiary/aromatic N) is 2. The molecule has 1 fully saturated rings. The lowest BCUT2D eigenvalue weighted by atomic mass is 10.00. The van der Waals surface area contributed by atoms with Gasteiger partial charge in [0.15, 0.2) is 0 Å². The largest absolute Gasteiger partial charge is 0.508 e. The number of anilines is 2. The quantitative estimate of drug-likeness (QED) is 0.787. The molecule has 1 N–H and O–H groups in total. The van der Waals surface area contributed by atoms with E-state index in [1.807, 2.05) is 0 Å². The van der Waals surface area contributed by atoms with Crippen molar-refractivity contribution in [3.8, 4) is 5.75 Å². The van der Waals surface area contributed by atoms with E-state index in [2.05, 4.69) is 0 Å². The van der Waals surface area contributed by atoms with Crippen molar-refractivity contribution in [2.24, 2.45) is 0 Å². The average molecular weight is 394 g/mol. The van der Waals surface area contributed by atoms with Gasteiger partial charge in [0.25, 0.3) is 11.1 Å². The highest BCUT2D eigenvalue weighted by molar-refractivity contribution is 8.18. The molecule has 28 heavy (non-hydrogen) atoms. The second-order valence-corrected chi connectivity index (χ2v) is 7.28. The fourth-order valence-corrected chi connectivity index (χ4v) is 4.17. The maximum Gasteiger partial charge on any atom is 0.298 e. The van der Waals surface area contributed by atoms with Gasteiger partial charge >= 0.3 is 0 Å². The molecular formula is C20H14N2O5S. The number of phenolic OH excluding ortho intramolecular Hbond substituents is 1. The van der Waals surface area contributed by atoms with E-state index in [1.165, 1.54) is 37.3 Å². The zero-order chi connectivity index (χ0) is 20.0. The van der Waals surface area contributed by atoms with Crippen LogP contribution in [0.1, 0.15) is 18.4 Å². The van der Waals surface area contributed by atoms with Crippen LogP contribution >= 0.6 is 11.8 Å². The number of fused-ring (bicyclic) bond motifs is 1. The number of phenols is 1. The zero-order valence-electron chi connectivity index (χ0n) is 14.7. The van der Waals surface area contributed by atoms with E-state index in [4.69, 9.17) is 0 Å². The van der Waals surface area contributed by atoms with Crippen molar-refractivity contribution in [3.05, 3.63) is 65.1 Å². The van der Waals surface area contributed by atoms with Gasteiger partial charge in [-0.2, -0.15) is 0 Å². The first kappa shape index (κ1) is 18.0. The van der Waals surface area contributed by atoms with Crippen LogP contribution in [0.3, 0.4) is 0 Å². The topological polar surface area (TPSA) is 95.0 Å². The number of hydrogen-bond acceptors (Lipinski definition) is 6. The standard InChI is InChI=1S/C20H14N2O5S/c1-11(23)21-16-8-3-2-7-14(16)15(18(21)25)10-17-19(26)22(20(27)28-17)12-5-4-6-13(24)9-12/h2-10,15,24H,1H3. The fourth-order valence-electron chi connectivity index (χ4n) is 3.32. The minimum Gasteiger partial charge on any atom is -0.508 e. The third-order valence-corrected chi connectivity index (χ3v) is 5.40. The summed E-state index contributed by atoms with van der Waals surface area (Å²) in [6, 6.07) is 12.7. The fraction of sp³-hybridized carbons (Fsp3) is 0.100. The monoisotopic (exact) mass is 394 g/mol. The number of benzene rings is 2. The van der Waals surface area contributed by atoms with E-state index in [9.17, 15) is 24.3 Å². The Bertz CT molecular complexity index is 1080. The smallest absolute Gasteiger partial charge is 0.298 e. The van der Waals surface area contributed by atoms with E-state index in [0.29, 0.717) is 23.0 Å². The molecule has 1 unspecified atom stereocenters. The highest BCUT2D eigenvalue weighted by atomic mass is 32.2. The Kier molecular flexibility index (Phi) is 4.27. The summed E-state index contributed by atoms with van der Waals surface area (Å²) in [4.78, 5) is 52.0. The Morgan fingerprint density at radius 3 is 2.57 bits per heavy atom. The van der Waals surface area contributed by atoms with Gasteiger partial charge in [0, 0.05) is 13.0 Å². The summed E-state index contributed by atoms with van der Waals surface area (Å²) >= 11 is 0.717. The van der Waals surface area contributed by atoms with Crippen LogP contribution in [0.25, 0.3) is 0 Å². The molecule has 2 heterocycles. The molecule has 4 rings (SSSR count). The molecule has 7 nitrogen and oxygen atoms in total. The predicted octanol–water partition coefficient (Wildman–Crippen LogP) is 3.15. The van der Waals surface area contributed by atoms with Gasteiger partial charge in [-0.1, -0.05) is 24.3 Å². The molecule has 8 heteroatoms. The minimum atomic E-state index is -0.830. The van der Waals surface area contributed by atoms with Gasteiger partial charge in [0.05, 0.1) is 22.2 Å². The van der Waals surface area contributed by atoms with Gasteiger partial charge in [0.2, 0.25) is 11.8 Å². The molecule has 2 aliphatic rings. The summed E-state index contributed by atoms with van der Waals surface area (Å²) in [6.45, 7) is 1.30. The first-order chi connectivity index (χ1) is 13.4. The van der Waals surface area contributed by atoms with Crippen molar-refractivity contribution >= 4 is 46.1 Å². The van der Waals surface area contributed by atoms with Gasteiger partial charge in [-0.15, -0.1) is 0 Å². The number of thioether (sulfide) groups is 1. The number of carbonyl (C=O) groups is 4. The Morgan fingerprint density at radius 2 is 1.86 bits per heavy atom. The highest BCUT2D eigenvalue weighted by Crippen LogP contribution is 2.42. The van der Waals surface area contributed by atoms with Gasteiger partial charge < -0.3 is 5.11 Å². The maximum absolute atomic E-state index is 12.8. The molecule has 2 aromatic carbocycles. The van der Waals surface area contributed by atoms with Crippen molar-refractivity contribution < 1.29 is 24.3 Å². The van der Waals surface area contributed by atoms with Crippen molar-refractivity contribution in [3.63, 3.8) is 0 Å². The highest BCUT2D eigenvalue weighted by Gasteiger charge is 2.42. The molecule has 1 saturated heterocycles. The molecule has 1 atom stereocenters. The zero-order valence-corrected chi connectivity index (χ0v) is 15.5. The van der Waals surface area contributed by atoms with E-state index in [-0.39, 0.29) is 16.3 Å². The third-order valence-electron chi connectivity index (χ3n) is 4.51. The van der Waals surface area contributed by atoms with Crippen LogP contribution in [-0.2, 0) is 14.4 Å². The molecular weight excluding hydrogens is 380 g/mol. The van der Waals surface area contributed by atoms with Crippen LogP contribution < -0.4 is 9.80 Å². The summed E-state index contributed by atoms with van der Waals surface area (Å²) in [6.07, 6.45) is 1.43. The van der Waals surface area contributed by atoms with E-state index < -0.39 is 28.9 Å². The molecule has 0 saturated carbocycles. The molecule has 4 amide bonds. The van der Waals surface area contributed by atoms with Gasteiger partial charge in [0.1, 0.15) is 5.75 Å². The lowest BCUT2D eigenvalue weighted by Gasteiger charge is -2.13. The lowest BCUT2D eigenvalue weighted by Crippen LogP contribution is -2.33. The van der Waals surface area contributed by atoms with E-state index in [0.717, 1.165) is 9.80 Å². The Labute approximate surface area is 164 Å². The lowest BCUT2D eigenvalue weighted by molar-refractivity contribution is -0.125. The first-order valence-corrected chi connectivity index (χ1v) is 9.20. The Morgan fingerprint density at radius 1 is 1.11 bits per heavy atom. The van der Waals surface area contributed by atoms with Gasteiger partial charge in [-0.25, -0.2) is 9.80 Å². The first-order valence-electron chi connectivity index (χ1n) is 8.39. The van der Waals surface area contributed by atoms with Crippen LogP contribution in [-0.4, -0.2) is 28.1 Å². The Balaban J connectivity index is 1.72. The van der Waals surface area contributed by atoms with Crippen molar-refractivity contribution in [1.29, 1.82) is 0 Å². The van der Waals surface area contributed by atoms with Gasteiger partial charge in [-0.3, -0.25) is 19.2 Å². The molecule has 140 valence electrons. The number of carbonyl (C=O) groups excluding carboxylic acids is 4. The number of imide groups is 2. The van der Waals surface area contributed by atoms with Crippen molar-refractivity contribution in [2.75, 3.05) is 9.80 Å². The second kappa shape index (κ2) is 6.65. The van der Waals surface area contributed by atoms with Crippen LogP contribution in [0.5, 0.6) is 5.75 Å². The minimum absolute atomic E-state index is 0.0717. The summed E-state index contributed by atoms with van der Waals surface area (Å²) in [7, 11) is 0. The summed E-state index contributed by atoms with van der Waals surface area (Å²) in [5.74, 6) is -2.35. The average Bonchev–Trinajstić information content (AvgIpc) is 3.09. The number of para-hydroxylation sites is 1. The molecule has 0 aromatic heterocycles. The number of rotatable bonds is 2. The normalized spacial score (nSPS) is 20.2. The van der Waals surface area contributed by atoms with Crippen molar-refractivity contribution in [1.82, 2.24) is 0 Å². The van der Waals surface area contributed by atoms with Crippen LogP contribution in [0, 0.1) is 0 Å². The molecule has 0 spiro atoms. The van der Waals surface area contributed by atoms with Crippen LogP contribution in [0.2, 0.25) is 0 Å². The Hall–Kier alpha value is -3.39. The molecule has 0 aliphatic carbocycles.